The Labute approximate surface area is 113 Å². The molecule has 0 spiro atoms. The summed E-state index contributed by atoms with van der Waals surface area (Å²) < 4.78 is 2.03. The van der Waals surface area contributed by atoms with E-state index in [0.717, 1.165) is 24.1 Å². The number of hydrogen-bond acceptors (Lipinski definition) is 2. The summed E-state index contributed by atoms with van der Waals surface area (Å²) in [6.45, 7) is 6.31. The van der Waals surface area contributed by atoms with Crippen molar-refractivity contribution in [3.63, 3.8) is 0 Å². The fraction of sp³-hybridized carbons (Fsp3) is 0.438. The fourth-order valence-electron chi connectivity index (χ4n) is 3.30. The lowest BCUT2D eigenvalue weighted by Gasteiger charge is -2.17. The summed E-state index contributed by atoms with van der Waals surface area (Å²) in [4.78, 5) is 0. The van der Waals surface area contributed by atoms with Crippen molar-refractivity contribution in [3.8, 4) is 0 Å². The third-order valence-electron chi connectivity index (χ3n) is 4.31. The first kappa shape index (κ1) is 12.4. The van der Waals surface area contributed by atoms with Gasteiger partial charge in [-0.05, 0) is 43.4 Å². The van der Waals surface area contributed by atoms with Crippen LogP contribution >= 0.6 is 0 Å². The van der Waals surface area contributed by atoms with Gasteiger partial charge in [-0.3, -0.25) is 4.68 Å². The van der Waals surface area contributed by atoms with E-state index in [9.17, 15) is 5.11 Å². The van der Waals surface area contributed by atoms with E-state index >= 15 is 0 Å². The van der Waals surface area contributed by atoms with Crippen molar-refractivity contribution in [2.75, 3.05) is 0 Å². The first-order valence-corrected chi connectivity index (χ1v) is 6.94. The molecule has 3 rings (SSSR count). The van der Waals surface area contributed by atoms with Crippen LogP contribution in [-0.2, 0) is 12.8 Å². The Morgan fingerprint density at radius 2 is 2.05 bits per heavy atom. The van der Waals surface area contributed by atoms with Gasteiger partial charge in [-0.2, -0.15) is 5.10 Å². The van der Waals surface area contributed by atoms with Gasteiger partial charge in [-0.1, -0.05) is 31.2 Å². The summed E-state index contributed by atoms with van der Waals surface area (Å²) in [7, 11) is 0. The Morgan fingerprint density at radius 1 is 1.32 bits per heavy atom. The van der Waals surface area contributed by atoms with Gasteiger partial charge in [0.05, 0.1) is 11.7 Å². The highest BCUT2D eigenvalue weighted by Gasteiger charge is 2.33. The summed E-state index contributed by atoms with van der Waals surface area (Å²) in [5.41, 5.74) is 5.88. The van der Waals surface area contributed by atoms with Crippen LogP contribution in [0.1, 0.15) is 47.1 Å². The fourth-order valence-corrected chi connectivity index (χ4v) is 3.30. The van der Waals surface area contributed by atoms with Crippen LogP contribution < -0.4 is 0 Å². The predicted octanol–water partition coefficient (Wildman–Crippen LogP) is 2.89. The normalized spacial score (nSPS) is 21.7. The molecule has 0 amide bonds. The molecule has 1 aliphatic rings. The number of aromatic nitrogens is 2. The topological polar surface area (TPSA) is 38.0 Å². The van der Waals surface area contributed by atoms with Gasteiger partial charge in [0.1, 0.15) is 6.10 Å². The number of hydrogen-bond donors (Lipinski definition) is 1. The lowest BCUT2D eigenvalue weighted by Crippen LogP contribution is -2.17. The molecule has 100 valence electrons. The number of nitrogens with zero attached hydrogens (tertiary/aromatic N) is 2. The first-order chi connectivity index (χ1) is 9.13. The smallest absolute Gasteiger partial charge is 0.102 e. The van der Waals surface area contributed by atoms with Gasteiger partial charge in [0.25, 0.3) is 0 Å². The lowest BCUT2D eigenvalue weighted by molar-refractivity contribution is 0.119. The molecule has 2 aromatic rings. The molecule has 19 heavy (non-hydrogen) atoms. The average molecular weight is 256 g/mol. The number of fused-ring (bicyclic) bond motifs is 1. The minimum absolute atomic E-state index is 0.0383. The molecule has 2 atom stereocenters. The average Bonchev–Trinajstić information content (AvgIpc) is 2.88. The summed E-state index contributed by atoms with van der Waals surface area (Å²) in [6, 6.07) is 8.18. The molecule has 2 unspecified atom stereocenters. The zero-order chi connectivity index (χ0) is 13.6. The molecule has 3 heteroatoms. The molecule has 0 fully saturated rings. The minimum atomic E-state index is -0.445. The highest BCUT2D eigenvalue weighted by Crippen LogP contribution is 2.39. The highest BCUT2D eigenvalue weighted by molar-refractivity contribution is 5.36. The van der Waals surface area contributed by atoms with Crippen LogP contribution in [-0.4, -0.2) is 14.9 Å². The van der Waals surface area contributed by atoms with Crippen molar-refractivity contribution >= 4 is 0 Å². The van der Waals surface area contributed by atoms with Crippen molar-refractivity contribution in [2.45, 2.75) is 45.8 Å². The maximum atomic E-state index is 10.5. The molecular weight excluding hydrogens is 236 g/mol. The molecule has 1 aliphatic carbocycles. The van der Waals surface area contributed by atoms with E-state index in [0.29, 0.717) is 0 Å². The molecule has 0 radical (unpaired) electrons. The highest BCUT2D eigenvalue weighted by atomic mass is 16.3. The van der Waals surface area contributed by atoms with Crippen LogP contribution in [0.2, 0.25) is 0 Å². The molecule has 1 N–H and O–H groups in total. The number of aliphatic hydroxyl groups excluding tert-OH is 1. The third-order valence-corrected chi connectivity index (χ3v) is 4.31. The Hall–Kier alpha value is -1.61. The molecule has 1 heterocycles. The molecule has 0 saturated heterocycles. The Morgan fingerprint density at radius 3 is 2.68 bits per heavy atom. The number of benzene rings is 1. The summed E-state index contributed by atoms with van der Waals surface area (Å²) >= 11 is 0. The zero-order valence-corrected chi connectivity index (χ0v) is 11.7. The number of rotatable bonds is 2. The van der Waals surface area contributed by atoms with E-state index in [1.165, 1.54) is 16.8 Å². The third kappa shape index (κ3) is 1.80. The molecule has 0 saturated carbocycles. The predicted molar refractivity (Wildman–Crippen MR) is 75.2 cm³/mol. The monoisotopic (exact) mass is 256 g/mol. The van der Waals surface area contributed by atoms with Gasteiger partial charge < -0.3 is 5.11 Å². The zero-order valence-electron chi connectivity index (χ0n) is 11.7. The SMILES string of the molecule is CCc1c(C)nn(C2Cc3ccccc3C2O)c1C. The second-order valence-electron chi connectivity index (χ2n) is 5.36. The van der Waals surface area contributed by atoms with Crippen LogP contribution in [0.3, 0.4) is 0 Å². The van der Waals surface area contributed by atoms with E-state index in [-0.39, 0.29) is 6.04 Å². The van der Waals surface area contributed by atoms with Crippen molar-refractivity contribution in [2.24, 2.45) is 0 Å². The van der Waals surface area contributed by atoms with Gasteiger partial charge in [0.15, 0.2) is 0 Å². The molecule has 1 aromatic heterocycles. The molecule has 1 aromatic carbocycles. The number of aliphatic hydroxyl groups is 1. The van der Waals surface area contributed by atoms with E-state index < -0.39 is 6.10 Å². The van der Waals surface area contributed by atoms with Crippen LogP contribution in [0.15, 0.2) is 24.3 Å². The largest absolute Gasteiger partial charge is 0.386 e. The van der Waals surface area contributed by atoms with E-state index in [1.54, 1.807) is 0 Å². The van der Waals surface area contributed by atoms with Crippen LogP contribution in [0.25, 0.3) is 0 Å². The molecule has 0 bridgehead atoms. The molecule has 0 aliphatic heterocycles. The van der Waals surface area contributed by atoms with Crippen molar-refractivity contribution < 1.29 is 5.11 Å². The summed E-state index contributed by atoms with van der Waals surface area (Å²) in [6.07, 6.45) is 1.41. The van der Waals surface area contributed by atoms with Crippen LogP contribution in [0.5, 0.6) is 0 Å². The van der Waals surface area contributed by atoms with Crippen molar-refractivity contribution in [1.29, 1.82) is 0 Å². The summed E-state index contributed by atoms with van der Waals surface area (Å²) in [5.74, 6) is 0. The quantitative estimate of drug-likeness (QED) is 0.897. The van der Waals surface area contributed by atoms with E-state index in [4.69, 9.17) is 0 Å². The first-order valence-electron chi connectivity index (χ1n) is 6.94. The Kier molecular flexibility index (Phi) is 2.94. The second kappa shape index (κ2) is 4.49. The second-order valence-corrected chi connectivity index (χ2v) is 5.36. The van der Waals surface area contributed by atoms with E-state index in [2.05, 4.69) is 31.9 Å². The standard InChI is InChI=1S/C16H20N2O/c1-4-13-10(2)17-18(11(13)3)15-9-12-7-5-6-8-14(12)16(15)19/h5-8,15-16,19H,4,9H2,1-3H3. The maximum absolute atomic E-state index is 10.5. The van der Waals surface area contributed by atoms with Crippen LogP contribution in [0, 0.1) is 13.8 Å². The number of aryl methyl sites for hydroxylation is 1. The lowest BCUT2D eigenvalue weighted by atomic mass is 10.1. The minimum Gasteiger partial charge on any atom is -0.386 e. The van der Waals surface area contributed by atoms with Gasteiger partial charge in [-0.15, -0.1) is 0 Å². The van der Waals surface area contributed by atoms with Crippen LogP contribution in [0.4, 0.5) is 0 Å². The Balaban J connectivity index is 2.02. The maximum Gasteiger partial charge on any atom is 0.102 e. The molecular formula is C16H20N2O. The summed E-state index contributed by atoms with van der Waals surface area (Å²) in [5, 5.41) is 15.2. The van der Waals surface area contributed by atoms with Gasteiger partial charge in [0, 0.05) is 5.69 Å². The van der Waals surface area contributed by atoms with Gasteiger partial charge in [0.2, 0.25) is 0 Å². The van der Waals surface area contributed by atoms with Crippen molar-refractivity contribution in [1.82, 2.24) is 9.78 Å². The van der Waals surface area contributed by atoms with E-state index in [1.807, 2.05) is 22.9 Å². The van der Waals surface area contributed by atoms with Gasteiger partial charge >= 0.3 is 0 Å². The molecule has 3 nitrogen and oxygen atoms in total. The Bertz CT molecular complexity index is 615. The van der Waals surface area contributed by atoms with Gasteiger partial charge in [-0.25, -0.2) is 0 Å². The van der Waals surface area contributed by atoms with Crippen molar-refractivity contribution in [3.05, 3.63) is 52.3 Å².